The van der Waals surface area contributed by atoms with E-state index in [0.717, 1.165) is 49.2 Å². The van der Waals surface area contributed by atoms with Crippen LogP contribution in [0, 0.1) is 20.8 Å². The molecule has 144 valence electrons. The first-order valence-electron chi connectivity index (χ1n) is 9.68. The zero-order valence-corrected chi connectivity index (χ0v) is 16.4. The standard InChI is InChI=1S/C22H29N3O2/c1-15-4-6-18(7-5-15)14-25-17(3)21(16(2)24-25)12-13-22(27)23-19-8-10-20(26)11-9-19/h4-7,12-13,19-20,26H,8-11,14H2,1-3H3,(H,23,27). The maximum atomic E-state index is 12.2. The van der Waals surface area contributed by atoms with Crippen LogP contribution >= 0.6 is 0 Å². The molecule has 0 aliphatic heterocycles. The minimum atomic E-state index is -0.210. The number of hydrogen-bond donors (Lipinski definition) is 2. The lowest BCUT2D eigenvalue weighted by Gasteiger charge is -2.25. The van der Waals surface area contributed by atoms with Gasteiger partial charge in [0.25, 0.3) is 0 Å². The molecule has 5 nitrogen and oxygen atoms in total. The number of rotatable bonds is 5. The zero-order valence-electron chi connectivity index (χ0n) is 16.4. The van der Waals surface area contributed by atoms with E-state index in [1.54, 1.807) is 6.08 Å². The van der Waals surface area contributed by atoms with Gasteiger partial charge in [-0.05, 0) is 58.1 Å². The summed E-state index contributed by atoms with van der Waals surface area (Å²) in [5, 5.41) is 17.2. The molecule has 1 aromatic carbocycles. The Morgan fingerprint density at radius 3 is 2.52 bits per heavy atom. The number of hydrogen-bond acceptors (Lipinski definition) is 3. The van der Waals surface area contributed by atoms with Crippen molar-refractivity contribution in [2.45, 2.75) is 65.1 Å². The van der Waals surface area contributed by atoms with Crippen LogP contribution in [0.3, 0.4) is 0 Å². The van der Waals surface area contributed by atoms with Gasteiger partial charge >= 0.3 is 0 Å². The predicted octanol–water partition coefficient (Wildman–Crippen LogP) is 3.29. The molecule has 5 heteroatoms. The lowest BCUT2D eigenvalue weighted by Crippen LogP contribution is -2.37. The van der Waals surface area contributed by atoms with E-state index in [2.05, 4.69) is 41.6 Å². The van der Waals surface area contributed by atoms with E-state index in [-0.39, 0.29) is 18.1 Å². The maximum Gasteiger partial charge on any atom is 0.244 e. The Balaban J connectivity index is 1.64. The molecule has 0 bridgehead atoms. The summed E-state index contributed by atoms with van der Waals surface area (Å²) in [6, 6.07) is 8.62. The van der Waals surface area contributed by atoms with Crippen molar-refractivity contribution in [3.05, 3.63) is 58.4 Å². The van der Waals surface area contributed by atoms with Crippen molar-refractivity contribution in [1.82, 2.24) is 15.1 Å². The fourth-order valence-corrected chi connectivity index (χ4v) is 3.60. The number of aliphatic hydroxyl groups excluding tert-OH is 1. The molecule has 2 aromatic rings. The molecular formula is C22H29N3O2. The molecule has 3 rings (SSSR count). The smallest absolute Gasteiger partial charge is 0.244 e. The minimum absolute atomic E-state index is 0.0820. The van der Waals surface area contributed by atoms with Crippen LogP contribution in [0.25, 0.3) is 6.08 Å². The molecular weight excluding hydrogens is 338 g/mol. The predicted molar refractivity (Wildman–Crippen MR) is 107 cm³/mol. The first-order chi connectivity index (χ1) is 12.9. The van der Waals surface area contributed by atoms with E-state index in [9.17, 15) is 9.90 Å². The average Bonchev–Trinajstić information content (AvgIpc) is 2.90. The van der Waals surface area contributed by atoms with Crippen LogP contribution in [0.4, 0.5) is 0 Å². The Morgan fingerprint density at radius 2 is 1.85 bits per heavy atom. The number of carbonyl (C=O) groups is 1. The summed E-state index contributed by atoms with van der Waals surface area (Å²) in [5.41, 5.74) is 5.42. The Labute approximate surface area is 161 Å². The van der Waals surface area contributed by atoms with Crippen molar-refractivity contribution in [3.63, 3.8) is 0 Å². The number of amides is 1. The third-order valence-electron chi connectivity index (χ3n) is 5.33. The molecule has 1 aliphatic carbocycles. The van der Waals surface area contributed by atoms with Crippen molar-refractivity contribution in [3.8, 4) is 0 Å². The van der Waals surface area contributed by atoms with Gasteiger partial charge in [-0.3, -0.25) is 9.48 Å². The molecule has 1 heterocycles. The molecule has 0 saturated heterocycles. The molecule has 0 radical (unpaired) electrons. The molecule has 1 saturated carbocycles. The molecule has 1 aliphatic rings. The highest BCUT2D eigenvalue weighted by Crippen LogP contribution is 2.19. The van der Waals surface area contributed by atoms with Gasteiger partial charge in [0, 0.05) is 23.4 Å². The van der Waals surface area contributed by atoms with Crippen molar-refractivity contribution >= 4 is 12.0 Å². The molecule has 1 aromatic heterocycles. The highest BCUT2D eigenvalue weighted by Gasteiger charge is 2.20. The number of nitrogens with zero attached hydrogens (tertiary/aromatic N) is 2. The normalized spacial score (nSPS) is 20.1. The first kappa shape index (κ1) is 19.4. The SMILES string of the molecule is Cc1ccc(Cn2nc(C)c(C=CC(=O)NC3CCC(O)CC3)c2C)cc1. The van der Waals surface area contributed by atoms with E-state index in [0.29, 0.717) is 0 Å². The number of aliphatic hydroxyl groups is 1. The highest BCUT2D eigenvalue weighted by molar-refractivity contribution is 5.92. The van der Waals surface area contributed by atoms with Gasteiger partial charge in [0.2, 0.25) is 5.91 Å². The second-order valence-electron chi connectivity index (χ2n) is 7.58. The highest BCUT2D eigenvalue weighted by atomic mass is 16.3. The van der Waals surface area contributed by atoms with Crippen LogP contribution in [-0.4, -0.2) is 32.9 Å². The lowest BCUT2D eigenvalue weighted by molar-refractivity contribution is -0.117. The summed E-state index contributed by atoms with van der Waals surface area (Å²) < 4.78 is 1.99. The van der Waals surface area contributed by atoms with Crippen LogP contribution in [0.2, 0.25) is 0 Å². The van der Waals surface area contributed by atoms with Gasteiger partial charge < -0.3 is 10.4 Å². The van der Waals surface area contributed by atoms with Crippen LogP contribution in [0.15, 0.2) is 30.3 Å². The van der Waals surface area contributed by atoms with E-state index in [1.165, 1.54) is 11.1 Å². The third kappa shape index (κ3) is 5.07. The van der Waals surface area contributed by atoms with Gasteiger partial charge in [0.05, 0.1) is 18.3 Å². The van der Waals surface area contributed by atoms with Crippen molar-refractivity contribution < 1.29 is 9.90 Å². The Hall–Kier alpha value is -2.40. The Kier molecular flexibility index (Phi) is 6.11. The van der Waals surface area contributed by atoms with Crippen molar-refractivity contribution in [2.75, 3.05) is 0 Å². The fraction of sp³-hybridized carbons (Fsp3) is 0.455. The molecule has 27 heavy (non-hydrogen) atoms. The number of carbonyl (C=O) groups excluding carboxylic acids is 1. The Bertz CT molecular complexity index is 813. The summed E-state index contributed by atoms with van der Waals surface area (Å²) >= 11 is 0. The van der Waals surface area contributed by atoms with Gasteiger partial charge in [-0.15, -0.1) is 0 Å². The molecule has 0 atom stereocenters. The van der Waals surface area contributed by atoms with Crippen molar-refractivity contribution in [2.24, 2.45) is 0 Å². The molecule has 0 spiro atoms. The quantitative estimate of drug-likeness (QED) is 0.797. The van der Waals surface area contributed by atoms with E-state index >= 15 is 0 Å². The van der Waals surface area contributed by atoms with Crippen LogP contribution in [-0.2, 0) is 11.3 Å². The summed E-state index contributed by atoms with van der Waals surface area (Å²) in [7, 11) is 0. The van der Waals surface area contributed by atoms with Gasteiger partial charge in [0.1, 0.15) is 0 Å². The van der Waals surface area contributed by atoms with Gasteiger partial charge in [-0.25, -0.2) is 0 Å². The maximum absolute atomic E-state index is 12.2. The Morgan fingerprint density at radius 1 is 1.19 bits per heavy atom. The average molecular weight is 367 g/mol. The largest absolute Gasteiger partial charge is 0.393 e. The van der Waals surface area contributed by atoms with E-state index < -0.39 is 0 Å². The number of benzene rings is 1. The second kappa shape index (κ2) is 8.53. The molecule has 2 N–H and O–H groups in total. The first-order valence-corrected chi connectivity index (χ1v) is 9.68. The van der Waals surface area contributed by atoms with Crippen LogP contribution in [0.5, 0.6) is 0 Å². The number of aromatic nitrogens is 2. The molecule has 1 fully saturated rings. The van der Waals surface area contributed by atoms with Gasteiger partial charge in [-0.1, -0.05) is 29.8 Å². The van der Waals surface area contributed by atoms with Gasteiger partial charge in [-0.2, -0.15) is 5.10 Å². The lowest BCUT2D eigenvalue weighted by atomic mass is 9.93. The zero-order chi connectivity index (χ0) is 19.4. The summed E-state index contributed by atoms with van der Waals surface area (Å²) in [6.07, 6.45) is 6.45. The topological polar surface area (TPSA) is 67.2 Å². The summed E-state index contributed by atoms with van der Waals surface area (Å²) in [6.45, 7) is 6.81. The van der Waals surface area contributed by atoms with Crippen molar-refractivity contribution in [1.29, 1.82) is 0 Å². The number of nitrogens with one attached hydrogen (secondary N) is 1. The third-order valence-corrected chi connectivity index (χ3v) is 5.33. The monoisotopic (exact) mass is 367 g/mol. The van der Waals surface area contributed by atoms with E-state index in [1.807, 2.05) is 24.6 Å². The summed E-state index contributed by atoms with van der Waals surface area (Å²) in [5.74, 6) is -0.0820. The minimum Gasteiger partial charge on any atom is -0.393 e. The van der Waals surface area contributed by atoms with Gasteiger partial charge in [0.15, 0.2) is 0 Å². The fourth-order valence-electron chi connectivity index (χ4n) is 3.60. The molecule has 0 unspecified atom stereocenters. The van der Waals surface area contributed by atoms with Crippen LogP contribution in [0.1, 0.15) is 53.8 Å². The van der Waals surface area contributed by atoms with E-state index in [4.69, 9.17) is 0 Å². The van der Waals surface area contributed by atoms with Crippen LogP contribution < -0.4 is 5.32 Å². The summed E-state index contributed by atoms with van der Waals surface area (Å²) in [4.78, 5) is 12.2. The molecule has 1 amide bonds. The second-order valence-corrected chi connectivity index (χ2v) is 7.58. The number of aryl methyl sites for hydroxylation is 2.